The molecule has 1 aromatic rings. The van der Waals surface area contributed by atoms with Gasteiger partial charge in [-0.2, -0.15) is 0 Å². The fraction of sp³-hybridized carbons (Fsp3) is 0.567. The number of hydrogen-bond acceptors (Lipinski definition) is 4. The molecule has 3 saturated carbocycles. The summed E-state index contributed by atoms with van der Waals surface area (Å²) < 4.78 is 0. The fourth-order valence-electron chi connectivity index (χ4n) is 9.03. The van der Waals surface area contributed by atoms with Gasteiger partial charge in [0.1, 0.15) is 0 Å². The van der Waals surface area contributed by atoms with Crippen LogP contribution in [0.3, 0.4) is 0 Å². The summed E-state index contributed by atoms with van der Waals surface area (Å²) in [6.07, 6.45) is 15.4. The van der Waals surface area contributed by atoms with Crippen LogP contribution in [0.4, 0.5) is 5.69 Å². The fourth-order valence-corrected chi connectivity index (χ4v) is 9.03. The summed E-state index contributed by atoms with van der Waals surface area (Å²) in [6.45, 7) is 2.27. The normalized spacial score (nSPS) is 42.0. The minimum atomic E-state index is -0.881. The first-order valence-electron chi connectivity index (χ1n) is 13.0. The van der Waals surface area contributed by atoms with Crippen molar-refractivity contribution in [3.8, 4) is 0 Å². The molecule has 2 N–H and O–H groups in total. The monoisotopic (exact) mass is 459 g/mol. The van der Waals surface area contributed by atoms with Gasteiger partial charge in [0.25, 0.3) is 0 Å². The Balaban J connectivity index is 1.54. The summed E-state index contributed by atoms with van der Waals surface area (Å²) in [4.78, 5) is 14.6. The smallest absolute Gasteiger partial charge is 0.178 e. The maximum absolute atomic E-state index is 12.4. The Labute approximate surface area is 203 Å². The van der Waals surface area contributed by atoms with Crippen LogP contribution < -0.4 is 4.90 Å². The van der Waals surface area contributed by atoms with Crippen molar-refractivity contribution in [2.24, 2.45) is 28.6 Å². The zero-order valence-electron chi connectivity index (χ0n) is 20.6. The zero-order chi connectivity index (χ0) is 23.9. The highest BCUT2D eigenvalue weighted by atomic mass is 16.3. The van der Waals surface area contributed by atoms with Crippen LogP contribution in [0.5, 0.6) is 0 Å². The molecule has 0 heterocycles. The summed E-state index contributed by atoms with van der Waals surface area (Å²) in [7, 11) is 4.18. The van der Waals surface area contributed by atoms with Gasteiger partial charge in [0, 0.05) is 30.6 Å². The molecule has 180 valence electrons. The third-order valence-electron chi connectivity index (χ3n) is 10.5. The number of fused-ring (bicyclic) bond motifs is 4. The third-order valence-corrected chi connectivity index (χ3v) is 10.5. The van der Waals surface area contributed by atoms with E-state index in [1.807, 2.05) is 18.2 Å². The summed E-state index contributed by atoms with van der Waals surface area (Å²) in [5.41, 5.74) is 4.20. The van der Waals surface area contributed by atoms with Crippen LogP contribution in [0.1, 0.15) is 56.1 Å². The molecule has 34 heavy (non-hydrogen) atoms. The lowest BCUT2D eigenvalue weighted by Crippen LogP contribution is -2.59. The minimum absolute atomic E-state index is 0.0369. The average Bonchev–Trinajstić information content (AvgIpc) is 3.08. The maximum atomic E-state index is 12.4. The van der Waals surface area contributed by atoms with Gasteiger partial charge in [-0.1, -0.05) is 36.8 Å². The molecule has 3 fully saturated rings. The molecule has 5 aliphatic rings. The molecule has 5 aliphatic carbocycles. The molecule has 0 amide bonds. The van der Waals surface area contributed by atoms with Gasteiger partial charge < -0.3 is 15.1 Å². The number of rotatable bonds is 3. The van der Waals surface area contributed by atoms with E-state index in [1.165, 1.54) is 22.4 Å². The molecule has 2 unspecified atom stereocenters. The predicted octanol–water partition coefficient (Wildman–Crippen LogP) is 4.57. The summed E-state index contributed by atoms with van der Waals surface area (Å²) in [6, 6.07) is 6.94. The number of aliphatic hydroxyl groups excluding tert-OH is 1. The van der Waals surface area contributed by atoms with Crippen LogP contribution in [0.15, 0.2) is 54.2 Å². The van der Waals surface area contributed by atoms with E-state index in [-0.39, 0.29) is 23.2 Å². The highest BCUT2D eigenvalue weighted by molar-refractivity contribution is 6.01. The molecule has 0 bridgehead atoms. The average molecular weight is 460 g/mol. The Hall–Kier alpha value is -2.17. The van der Waals surface area contributed by atoms with E-state index in [0.29, 0.717) is 23.7 Å². The number of nitrogens with zero attached hydrogens (tertiary/aromatic N) is 1. The van der Waals surface area contributed by atoms with Gasteiger partial charge in [-0.3, -0.25) is 4.79 Å². The van der Waals surface area contributed by atoms with E-state index >= 15 is 0 Å². The van der Waals surface area contributed by atoms with Crippen molar-refractivity contribution in [2.75, 3.05) is 25.6 Å². The first kappa shape index (κ1) is 22.3. The number of hydrogen-bond donors (Lipinski definition) is 2. The Morgan fingerprint density at radius 2 is 2.06 bits per heavy atom. The largest absolute Gasteiger partial charge is 0.392 e. The minimum Gasteiger partial charge on any atom is -0.392 e. The Bertz CT molecular complexity index is 1130. The van der Waals surface area contributed by atoms with Gasteiger partial charge in [-0.05, 0) is 97.6 Å². The lowest BCUT2D eigenvalue weighted by atomic mass is 9.40. The summed E-state index contributed by atoms with van der Waals surface area (Å²) in [5, 5.41) is 21.4. The lowest BCUT2D eigenvalue weighted by Gasteiger charge is -2.64. The topological polar surface area (TPSA) is 60.8 Å². The summed E-state index contributed by atoms with van der Waals surface area (Å²) in [5.74, 6) is 1.93. The quantitative estimate of drug-likeness (QED) is 0.650. The van der Waals surface area contributed by atoms with Gasteiger partial charge >= 0.3 is 0 Å². The number of carbonyl (C=O) groups is 1. The van der Waals surface area contributed by atoms with Crippen LogP contribution in [0.2, 0.25) is 0 Å². The van der Waals surface area contributed by atoms with Crippen LogP contribution in [0.25, 0.3) is 0 Å². The Morgan fingerprint density at radius 3 is 2.82 bits per heavy atom. The van der Waals surface area contributed by atoms with Crippen LogP contribution in [0, 0.1) is 28.6 Å². The molecule has 0 radical (unpaired) electrons. The number of carbonyl (C=O) groups excluding carboxylic acids is 1. The standard InChI is InChI=1S/C30H37NO3/c1-28-18-25-23-8-6-21(31(2)3)15-19(23)17-29-12-9-22(33)16-20(29)5-7-24(27(25)29)26(28)10-13-30(28,34)11-4-14-32/h4,6,8-9,11-12,15-16,24-27,32,34H,5,7,10,13-14,17-18H2,1-3H3/b11-4-/t24-,25?,26-,27?,28-,29+,30-/m0/s1. The number of benzene rings is 1. The molecular weight excluding hydrogens is 422 g/mol. The molecule has 4 nitrogen and oxygen atoms in total. The van der Waals surface area contributed by atoms with Crippen LogP contribution >= 0.6 is 0 Å². The summed E-state index contributed by atoms with van der Waals surface area (Å²) >= 11 is 0. The van der Waals surface area contributed by atoms with E-state index < -0.39 is 5.60 Å². The number of anilines is 1. The Morgan fingerprint density at radius 1 is 1.24 bits per heavy atom. The molecule has 7 atom stereocenters. The second-order valence-electron chi connectivity index (χ2n) is 12.0. The van der Waals surface area contributed by atoms with E-state index in [4.69, 9.17) is 0 Å². The van der Waals surface area contributed by atoms with Crippen LogP contribution in [-0.4, -0.2) is 42.3 Å². The highest BCUT2D eigenvalue weighted by Crippen LogP contribution is 2.72. The number of allylic oxidation sites excluding steroid dienone is 4. The van der Waals surface area contributed by atoms with Crippen molar-refractivity contribution in [1.29, 1.82) is 0 Å². The highest BCUT2D eigenvalue weighted by Gasteiger charge is 2.67. The van der Waals surface area contributed by atoms with Crippen molar-refractivity contribution in [1.82, 2.24) is 0 Å². The van der Waals surface area contributed by atoms with Gasteiger partial charge in [0.05, 0.1) is 12.2 Å². The van der Waals surface area contributed by atoms with Crippen LogP contribution in [-0.2, 0) is 11.2 Å². The van der Waals surface area contributed by atoms with E-state index in [0.717, 1.165) is 38.5 Å². The SMILES string of the molecule is CN(C)c1ccc2c(c1)C[C@]13C=CC(=O)C=C1CC[C@@H]1C3C2C[C@@]2(C)[C@H]1CC[C@@]2(O)/C=C\CO. The van der Waals surface area contributed by atoms with Crippen molar-refractivity contribution in [3.63, 3.8) is 0 Å². The van der Waals surface area contributed by atoms with Gasteiger partial charge in [-0.25, -0.2) is 0 Å². The molecule has 0 saturated heterocycles. The van der Waals surface area contributed by atoms with E-state index in [9.17, 15) is 15.0 Å². The van der Waals surface area contributed by atoms with Crippen molar-refractivity contribution in [2.45, 2.75) is 57.0 Å². The lowest BCUT2D eigenvalue weighted by molar-refractivity contribution is -0.115. The number of ketones is 1. The maximum Gasteiger partial charge on any atom is 0.178 e. The number of aliphatic hydroxyl groups is 2. The predicted molar refractivity (Wildman–Crippen MR) is 135 cm³/mol. The van der Waals surface area contributed by atoms with E-state index in [1.54, 1.807) is 6.08 Å². The zero-order valence-corrected chi connectivity index (χ0v) is 20.6. The van der Waals surface area contributed by atoms with Gasteiger partial charge in [0.15, 0.2) is 5.78 Å². The first-order valence-corrected chi connectivity index (χ1v) is 13.0. The molecule has 0 aromatic heterocycles. The van der Waals surface area contributed by atoms with Crippen molar-refractivity contribution >= 4 is 11.5 Å². The Kier molecular flexibility index (Phi) is 4.86. The van der Waals surface area contributed by atoms with Gasteiger partial charge in [0.2, 0.25) is 0 Å². The van der Waals surface area contributed by atoms with Crippen molar-refractivity contribution < 1.29 is 15.0 Å². The van der Waals surface area contributed by atoms with Gasteiger partial charge in [-0.15, -0.1) is 0 Å². The molecule has 1 spiro atoms. The molecule has 4 heteroatoms. The molecule has 6 rings (SSSR count). The van der Waals surface area contributed by atoms with Crippen molar-refractivity contribution in [3.05, 3.63) is 65.3 Å². The molecule has 1 aromatic carbocycles. The third kappa shape index (κ3) is 2.82. The first-order chi connectivity index (χ1) is 16.2. The second-order valence-corrected chi connectivity index (χ2v) is 12.0. The second kappa shape index (κ2) is 7.41. The van der Waals surface area contributed by atoms with E-state index in [2.05, 4.69) is 50.2 Å². The molecule has 0 aliphatic heterocycles. The molecular formula is C30H37NO3.